The van der Waals surface area contributed by atoms with E-state index in [1.807, 2.05) is 0 Å². The summed E-state index contributed by atoms with van der Waals surface area (Å²) in [5, 5.41) is 42.1. The smallest absolute Gasteiger partial charge is 0.326 e. The van der Waals surface area contributed by atoms with Crippen molar-refractivity contribution in [3.63, 3.8) is 0 Å². The molecule has 0 rings (SSSR count). The SMILES string of the molecule is CSCC[C@H](NC(=O)[C@@H](CCC(N)=O)NC(=O)[C@H](CCCN=C(N)N)NC(=O)[C@H](CCCN=C(N)N)NC(C)=O)C(=O)N[C@@H](CCC(=O)O)C(=O)N[C@@H](CCC(=O)O)C(=O)O. The number of nitrogens with zero attached hydrogens (tertiary/aromatic N) is 2. The lowest BCUT2D eigenvalue weighted by atomic mass is 10.0. The third kappa shape index (κ3) is 25.6. The third-order valence-electron chi connectivity index (χ3n) is 8.31. The number of thioether (sulfide) groups is 1. The Morgan fingerprint density at radius 3 is 1.15 bits per heavy atom. The topological polar surface area (TPSA) is 458 Å². The summed E-state index contributed by atoms with van der Waals surface area (Å²) in [5.74, 6) is -10.8. The molecule has 0 bridgehead atoms. The van der Waals surface area contributed by atoms with Crippen LogP contribution in [-0.4, -0.2) is 148 Å². The van der Waals surface area contributed by atoms with Gasteiger partial charge in [0, 0.05) is 39.3 Å². The predicted molar refractivity (Wildman–Crippen MR) is 220 cm³/mol. The van der Waals surface area contributed by atoms with Crippen LogP contribution in [0, 0.1) is 0 Å². The molecule has 0 radical (unpaired) electrons. The Bertz CT molecular complexity index is 1610. The van der Waals surface area contributed by atoms with Crippen LogP contribution in [0.5, 0.6) is 0 Å². The Labute approximate surface area is 355 Å². The fraction of sp³-hybridized carbons (Fsp3) is 0.647. The minimum atomic E-state index is -1.71. The molecule has 0 unspecified atom stereocenters. The molecule has 19 N–H and O–H groups in total. The molecule has 344 valence electrons. The van der Waals surface area contributed by atoms with E-state index in [-0.39, 0.29) is 62.9 Å². The molecular formula is C34H59N13O13S. The molecule has 0 aliphatic heterocycles. The average Bonchev–Trinajstić information content (AvgIpc) is 3.16. The molecule has 7 amide bonds. The molecule has 0 spiro atoms. The molecule has 26 nitrogen and oxygen atoms in total. The van der Waals surface area contributed by atoms with Gasteiger partial charge in [0.05, 0.1) is 0 Å². The standard InChI is InChI=1S/C34H59N13O13S/c1-17(48)42-18(5-3-14-40-33(36)37)27(54)43-19(6-4-15-41-34(38)39)28(55)44-20(7-10-24(35)49)29(56)46-22(13-16-61-2)31(58)45-21(8-11-25(50)51)30(57)47-23(32(59)60)9-12-26(52)53/h18-23H,3-16H2,1-2H3,(H2,35,49)(H,42,48)(H,43,54)(H,44,55)(H,45,58)(H,46,56)(H,47,57)(H,50,51)(H,52,53)(H,59,60)(H4,36,37,40)(H4,38,39,41)/t18-,19-,20+,21-,22-,23-/m0/s1. The van der Waals surface area contributed by atoms with Gasteiger partial charge in [-0.2, -0.15) is 11.8 Å². The Morgan fingerprint density at radius 2 is 0.820 bits per heavy atom. The van der Waals surface area contributed by atoms with E-state index in [2.05, 4.69) is 41.9 Å². The van der Waals surface area contributed by atoms with Gasteiger partial charge >= 0.3 is 17.9 Å². The molecule has 0 aromatic heterocycles. The molecule has 61 heavy (non-hydrogen) atoms. The maximum atomic E-state index is 13.8. The number of carboxylic acids is 3. The lowest BCUT2D eigenvalue weighted by Crippen LogP contribution is -2.59. The van der Waals surface area contributed by atoms with Crippen LogP contribution >= 0.6 is 11.8 Å². The van der Waals surface area contributed by atoms with Crippen LogP contribution < -0.4 is 60.6 Å². The molecule has 0 fully saturated rings. The number of guanidine groups is 2. The van der Waals surface area contributed by atoms with Crippen molar-refractivity contribution in [1.82, 2.24) is 31.9 Å². The van der Waals surface area contributed by atoms with Crippen molar-refractivity contribution in [2.24, 2.45) is 38.7 Å². The molecule has 0 aliphatic rings. The normalized spacial score (nSPS) is 13.5. The van der Waals surface area contributed by atoms with Crippen molar-refractivity contribution >= 4 is 82.9 Å². The number of carbonyl (C=O) groups is 10. The first-order valence-corrected chi connectivity index (χ1v) is 20.3. The molecule has 27 heteroatoms. The second-order valence-electron chi connectivity index (χ2n) is 13.4. The van der Waals surface area contributed by atoms with E-state index in [1.54, 1.807) is 6.26 Å². The minimum absolute atomic E-state index is 0.0260. The molecule has 6 atom stereocenters. The van der Waals surface area contributed by atoms with E-state index in [0.29, 0.717) is 0 Å². The van der Waals surface area contributed by atoms with Gasteiger partial charge in [0.25, 0.3) is 0 Å². The Morgan fingerprint density at radius 1 is 0.492 bits per heavy atom. The summed E-state index contributed by atoms with van der Waals surface area (Å²) >= 11 is 1.26. The number of primary amides is 1. The Hall–Kier alpha value is -6.41. The van der Waals surface area contributed by atoms with Gasteiger partial charge in [-0.05, 0) is 63.4 Å². The zero-order valence-corrected chi connectivity index (χ0v) is 34.8. The lowest BCUT2D eigenvalue weighted by molar-refractivity contribution is -0.144. The second kappa shape index (κ2) is 29.7. The van der Waals surface area contributed by atoms with Gasteiger partial charge in [-0.15, -0.1) is 0 Å². The van der Waals surface area contributed by atoms with Crippen molar-refractivity contribution in [2.45, 2.75) is 114 Å². The van der Waals surface area contributed by atoms with E-state index < -0.39 is 134 Å². The third-order valence-corrected chi connectivity index (χ3v) is 8.96. The van der Waals surface area contributed by atoms with Crippen LogP contribution in [0.25, 0.3) is 0 Å². The molecule has 0 saturated carbocycles. The van der Waals surface area contributed by atoms with E-state index in [4.69, 9.17) is 33.8 Å². The highest BCUT2D eigenvalue weighted by atomic mass is 32.2. The van der Waals surface area contributed by atoms with Crippen molar-refractivity contribution in [1.29, 1.82) is 0 Å². The first-order chi connectivity index (χ1) is 28.6. The highest BCUT2D eigenvalue weighted by Crippen LogP contribution is 2.10. The molecule has 0 aromatic carbocycles. The largest absolute Gasteiger partial charge is 0.481 e. The highest BCUT2D eigenvalue weighted by molar-refractivity contribution is 7.98. The maximum Gasteiger partial charge on any atom is 0.326 e. The van der Waals surface area contributed by atoms with Crippen molar-refractivity contribution < 1.29 is 63.3 Å². The van der Waals surface area contributed by atoms with Crippen molar-refractivity contribution in [3.05, 3.63) is 0 Å². The number of carboxylic acid groups (broad SMARTS) is 3. The summed E-state index contributed by atoms with van der Waals surface area (Å²) in [6.45, 7) is 1.32. The number of rotatable bonds is 32. The van der Waals surface area contributed by atoms with Gasteiger partial charge < -0.3 is 75.9 Å². The Balaban J connectivity index is 6.54. The average molecular weight is 890 g/mol. The summed E-state index contributed by atoms with van der Waals surface area (Å²) in [7, 11) is 0. The zero-order chi connectivity index (χ0) is 46.7. The van der Waals surface area contributed by atoms with Crippen LogP contribution in [0.1, 0.15) is 77.6 Å². The van der Waals surface area contributed by atoms with E-state index >= 15 is 0 Å². The summed E-state index contributed by atoms with van der Waals surface area (Å²) in [5.41, 5.74) is 26.8. The maximum absolute atomic E-state index is 13.8. The highest BCUT2D eigenvalue weighted by Gasteiger charge is 2.33. The first-order valence-electron chi connectivity index (χ1n) is 18.9. The van der Waals surface area contributed by atoms with Gasteiger partial charge in [-0.3, -0.25) is 53.1 Å². The molecule has 0 aliphatic carbocycles. The molecule has 0 heterocycles. The van der Waals surface area contributed by atoms with Crippen LogP contribution in [0.4, 0.5) is 0 Å². The van der Waals surface area contributed by atoms with E-state index in [9.17, 15) is 58.2 Å². The van der Waals surface area contributed by atoms with Crippen LogP contribution in [-0.2, 0) is 47.9 Å². The summed E-state index contributed by atoms with van der Waals surface area (Å²) in [6, 6.07) is -8.92. The summed E-state index contributed by atoms with van der Waals surface area (Å²) in [6.07, 6.45) is -1.27. The number of aliphatic carboxylic acids is 3. The monoisotopic (exact) mass is 889 g/mol. The molecular weight excluding hydrogens is 831 g/mol. The summed E-state index contributed by atoms with van der Waals surface area (Å²) in [4.78, 5) is 133. The number of nitrogens with one attached hydrogen (secondary N) is 6. The summed E-state index contributed by atoms with van der Waals surface area (Å²) < 4.78 is 0. The number of nitrogens with two attached hydrogens (primary N) is 5. The molecule has 0 saturated heterocycles. The first kappa shape index (κ1) is 54.6. The van der Waals surface area contributed by atoms with E-state index in [1.165, 1.54) is 18.7 Å². The van der Waals surface area contributed by atoms with Crippen LogP contribution in [0.2, 0.25) is 0 Å². The quantitative estimate of drug-likeness (QED) is 0.0171. The van der Waals surface area contributed by atoms with Crippen molar-refractivity contribution in [2.75, 3.05) is 25.1 Å². The lowest BCUT2D eigenvalue weighted by Gasteiger charge is -2.27. The van der Waals surface area contributed by atoms with Gasteiger partial charge in [0.15, 0.2) is 11.9 Å². The fourth-order valence-electron chi connectivity index (χ4n) is 5.27. The van der Waals surface area contributed by atoms with Gasteiger partial charge in [0.2, 0.25) is 41.4 Å². The fourth-order valence-corrected chi connectivity index (χ4v) is 5.74. The van der Waals surface area contributed by atoms with Crippen LogP contribution in [0.15, 0.2) is 9.98 Å². The number of carbonyl (C=O) groups excluding carboxylic acids is 7. The number of aliphatic imine (C=N–C) groups is 2. The number of hydrogen-bond donors (Lipinski definition) is 14. The van der Waals surface area contributed by atoms with Gasteiger partial charge in [-0.1, -0.05) is 0 Å². The van der Waals surface area contributed by atoms with E-state index in [0.717, 1.165) is 0 Å². The zero-order valence-electron chi connectivity index (χ0n) is 34.0. The predicted octanol–water partition coefficient (Wildman–Crippen LogP) is -5.14. The van der Waals surface area contributed by atoms with Gasteiger partial charge in [0.1, 0.15) is 36.3 Å². The number of amides is 7. The van der Waals surface area contributed by atoms with Crippen molar-refractivity contribution in [3.8, 4) is 0 Å². The molecule has 0 aromatic rings. The number of hydrogen-bond acceptors (Lipinski definition) is 13. The Kier molecular flexibility index (Phi) is 26.6. The minimum Gasteiger partial charge on any atom is -0.481 e. The van der Waals surface area contributed by atoms with Gasteiger partial charge in [-0.25, -0.2) is 4.79 Å². The second-order valence-corrected chi connectivity index (χ2v) is 14.4. The van der Waals surface area contributed by atoms with Crippen LogP contribution in [0.3, 0.4) is 0 Å².